The van der Waals surface area contributed by atoms with E-state index in [1.807, 2.05) is 29.2 Å². The van der Waals surface area contributed by atoms with Gasteiger partial charge in [0.05, 0.1) is 6.04 Å². The number of methoxy groups -OCH3 is 1. The molecule has 37 heavy (non-hydrogen) atoms. The average Bonchev–Trinajstić information content (AvgIpc) is 3.36. The number of carbonyl (C=O) groups excluding carboxylic acids is 2. The molecule has 0 bridgehead atoms. The molecule has 196 valence electrons. The van der Waals surface area contributed by atoms with Crippen molar-refractivity contribution in [1.82, 2.24) is 9.80 Å². The highest BCUT2D eigenvalue weighted by atomic mass is 32.1. The first-order valence-corrected chi connectivity index (χ1v) is 13.9. The lowest BCUT2D eigenvalue weighted by molar-refractivity contribution is -0.134. The maximum absolute atomic E-state index is 13.8. The van der Waals surface area contributed by atoms with Gasteiger partial charge in [-0.25, -0.2) is 0 Å². The lowest BCUT2D eigenvalue weighted by atomic mass is 9.86. The quantitative estimate of drug-likeness (QED) is 0.343. The van der Waals surface area contributed by atoms with Crippen LogP contribution in [0.4, 0.5) is 0 Å². The first-order chi connectivity index (χ1) is 17.7. The van der Waals surface area contributed by atoms with Gasteiger partial charge < -0.3 is 14.5 Å². The third kappa shape index (κ3) is 6.31. The van der Waals surface area contributed by atoms with Crippen molar-refractivity contribution < 1.29 is 14.3 Å². The number of ether oxygens (including phenoxy) is 1. The molecular weight excluding hydrogens is 480 g/mol. The Bertz CT molecular complexity index is 1210. The van der Waals surface area contributed by atoms with Gasteiger partial charge in [0.2, 0.25) is 5.91 Å². The first kappa shape index (κ1) is 27.1. The lowest BCUT2D eigenvalue weighted by Crippen LogP contribution is -2.47. The molecule has 5 nitrogen and oxygen atoms in total. The number of nitrogens with zero attached hydrogens (tertiary/aromatic N) is 2. The Hall–Kier alpha value is -2.96. The fourth-order valence-corrected chi connectivity index (χ4v) is 5.80. The van der Waals surface area contributed by atoms with E-state index in [4.69, 9.17) is 4.74 Å². The smallest absolute Gasteiger partial charge is 0.254 e. The van der Waals surface area contributed by atoms with Gasteiger partial charge in [-0.2, -0.15) is 0 Å². The zero-order valence-corrected chi connectivity index (χ0v) is 23.4. The van der Waals surface area contributed by atoms with Gasteiger partial charge in [-0.1, -0.05) is 62.7 Å². The van der Waals surface area contributed by atoms with E-state index in [-0.39, 0.29) is 29.8 Å². The molecule has 3 aromatic rings. The molecule has 2 heterocycles. The number of amides is 2. The minimum atomic E-state index is -0.134. The second kappa shape index (κ2) is 11.6. The number of benzene rings is 2. The molecule has 1 unspecified atom stereocenters. The second-order valence-corrected chi connectivity index (χ2v) is 11.9. The molecule has 0 saturated carbocycles. The Morgan fingerprint density at radius 2 is 1.76 bits per heavy atom. The van der Waals surface area contributed by atoms with Crippen LogP contribution in [0.25, 0.3) is 0 Å². The van der Waals surface area contributed by atoms with Gasteiger partial charge in [0.15, 0.2) is 0 Å². The van der Waals surface area contributed by atoms with E-state index >= 15 is 0 Å². The van der Waals surface area contributed by atoms with E-state index in [1.54, 1.807) is 23.3 Å². The molecule has 0 fully saturated rings. The highest BCUT2D eigenvalue weighted by Gasteiger charge is 2.34. The third-order valence-electron chi connectivity index (χ3n) is 7.07. The van der Waals surface area contributed by atoms with Crippen molar-refractivity contribution in [2.24, 2.45) is 0 Å². The summed E-state index contributed by atoms with van der Waals surface area (Å²) in [5.74, 6) is -0.149. The highest BCUT2D eigenvalue weighted by molar-refractivity contribution is 7.10. The van der Waals surface area contributed by atoms with Crippen LogP contribution < -0.4 is 0 Å². The Morgan fingerprint density at radius 3 is 2.41 bits per heavy atom. The van der Waals surface area contributed by atoms with Crippen molar-refractivity contribution >= 4 is 23.2 Å². The molecular formula is C31H38N2O3S. The number of aryl methyl sites for hydroxylation is 1. The van der Waals surface area contributed by atoms with Crippen LogP contribution >= 0.6 is 11.3 Å². The molecule has 0 radical (unpaired) electrons. The molecule has 2 aromatic carbocycles. The van der Waals surface area contributed by atoms with E-state index in [9.17, 15) is 9.59 Å². The van der Waals surface area contributed by atoms with E-state index < -0.39 is 0 Å². The van der Waals surface area contributed by atoms with Gasteiger partial charge in [-0.3, -0.25) is 9.59 Å². The zero-order valence-electron chi connectivity index (χ0n) is 22.6. The number of rotatable bonds is 8. The van der Waals surface area contributed by atoms with Crippen molar-refractivity contribution in [3.63, 3.8) is 0 Å². The summed E-state index contributed by atoms with van der Waals surface area (Å²) in [5.41, 5.74) is 5.28. The highest BCUT2D eigenvalue weighted by Crippen LogP contribution is 2.38. The first-order valence-electron chi connectivity index (χ1n) is 13.0. The maximum Gasteiger partial charge on any atom is 0.254 e. The molecule has 0 spiro atoms. The van der Waals surface area contributed by atoms with Crippen molar-refractivity contribution in [1.29, 1.82) is 0 Å². The molecule has 0 N–H and O–H groups in total. The second-order valence-electron chi connectivity index (χ2n) is 10.8. The van der Waals surface area contributed by atoms with Gasteiger partial charge in [0.1, 0.15) is 6.54 Å². The molecule has 0 aliphatic carbocycles. The summed E-state index contributed by atoms with van der Waals surface area (Å²) in [7, 11) is 1.65. The predicted molar refractivity (Wildman–Crippen MR) is 150 cm³/mol. The number of hydrogen-bond acceptors (Lipinski definition) is 4. The fourth-order valence-electron chi connectivity index (χ4n) is 4.89. The van der Waals surface area contributed by atoms with Gasteiger partial charge in [0, 0.05) is 37.2 Å². The number of carbonyl (C=O) groups is 2. The summed E-state index contributed by atoms with van der Waals surface area (Å²) in [6.45, 7) is 10.2. The maximum atomic E-state index is 13.8. The van der Waals surface area contributed by atoms with Crippen molar-refractivity contribution in [2.45, 2.75) is 52.0 Å². The summed E-state index contributed by atoms with van der Waals surface area (Å²) in [6.07, 6.45) is 1.51. The van der Waals surface area contributed by atoms with E-state index in [1.165, 1.54) is 21.6 Å². The summed E-state index contributed by atoms with van der Waals surface area (Å²) in [4.78, 5) is 32.4. The number of thiophene rings is 1. The molecule has 1 aliphatic heterocycles. The Labute approximate surface area is 225 Å². The molecule has 2 amide bonds. The van der Waals surface area contributed by atoms with Crippen LogP contribution in [0.3, 0.4) is 0 Å². The van der Waals surface area contributed by atoms with Gasteiger partial charge in [0.25, 0.3) is 5.91 Å². The van der Waals surface area contributed by atoms with Crippen LogP contribution in [-0.2, 0) is 21.4 Å². The Balaban J connectivity index is 1.58. The van der Waals surface area contributed by atoms with Crippen LogP contribution in [0.5, 0.6) is 0 Å². The summed E-state index contributed by atoms with van der Waals surface area (Å²) in [6, 6.07) is 18.2. The van der Waals surface area contributed by atoms with Crippen LogP contribution in [0, 0.1) is 6.92 Å². The van der Waals surface area contributed by atoms with Gasteiger partial charge in [-0.05, 0) is 65.4 Å². The molecule has 0 saturated heterocycles. The van der Waals surface area contributed by atoms with Crippen LogP contribution in [0.15, 0.2) is 60.0 Å². The molecule has 1 aromatic heterocycles. The molecule has 4 rings (SSSR count). The van der Waals surface area contributed by atoms with Crippen molar-refractivity contribution in [3.8, 4) is 0 Å². The standard InChI is InChI=1S/C31H38N2O3S/c1-22-7-9-23(10-8-22)29-26-16-20-37-27(26)15-18-33(29)28(34)21-32(17-6-19-36-5)30(35)24-11-13-25(14-12-24)31(2,3)4/h7-14,16,20,29H,6,15,17-19,21H2,1-5H3. The minimum absolute atomic E-state index is 0.00938. The molecule has 1 atom stereocenters. The number of hydrogen-bond donors (Lipinski definition) is 0. The summed E-state index contributed by atoms with van der Waals surface area (Å²) in [5, 5.41) is 2.11. The van der Waals surface area contributed by atoms with Crippen LogP contribution in [0.1, 0.15) is 70.7 Å². The monoisotopic (exact) mass is 518 g/mol. The van der Waals surface area contributed by atoms with E-state index in [0.29, 0.717) is 31.7 Å². The fraction of sp³-hybridized carbons (Fsp3) is 0.419. The van der Waals surface area contributed by atoms with Crippen molar-refractivity contribution in [2.75, 3.05) is 33.4 Å². The third-order valence-corrected chi connectivity index (χ3v) is 8.06. The summed E-state index contributed by atoms with van der Waals surface area (Å²) < 4.78 is 5.23. The minimum Gasteiger partial charge on any atom is -0.385 e. The summed E-state index contributed by atoms with van der Waals surface area (Å²) >= 11 is 1.76. The lowest BCUT2D eigenvalue weighted by Gasteiger charge is -2.37. The van der Waals surface area contributed by atoms with Crippen LogP contribution in [-0.4, -0.2) is 55.0 Å². The zero-order chi connectivity index (χ0) is 26.6. The molecule has 6 heteroatoms. The average molecular weight is 519 g/mol. The Kier molecular flexibility index (Phi) is 8.50. The normalized spacial score (nSPS) is 15.4. The SMILES string of the molecule is COCCCN(CC(=O)N1CCc2sccc2C1c1ccc(C)cc1)C(=O)c1ccc(C(C)(C)C)cc1. The molecule has 1 aliphatic rings. The Morgan fingerprint density at radius 1 is 1.05 bits per heavy atom. The van der Waals surface area contributed by atoms with Crippen LogP contribution in [0.2, 0.25) is 0 Å². The predicted octanol–water partition coefficient (Wildman–Crippen LogP) is 6.01. The number of fused-ring (bicyclic) bond motifs is 1. The van der Waals surface area contributed by atoms with E-state index in [2.05, 4.69) is 63.4 Å². The topological polar surface area (TPSA) is 49.9 Å². The van der Waals surface area contributed by atoms with E-state index in [0.717, 1.165) is 12.0 Å². The largest absolute Gasteiger partial charge is 0.385 e. The van der Waals surface area contributed by atoms with Gasteiger partial charge >= 0.3 is 0 Å². The van der Waals surface area contributed by atoms with Crippen molar-refractivity contribution in [3.05, 3.63) is 92.7 Å². The van der Waals surface area contributed by atoms with Gasteiger partial charge in [-0.15, -0.1) is 11.3 Å².